The van der Waals surface area contributed by atoms with Gasteiger partial charge in [0.25, 0.3) is 0 Å². The average Bonchev–Trinajstić information content (AvgIpc) is 2.42. The van der Waals surface area contributed by atoms with Crippen molar-refractivity contribution in [3.63, 3.8) is 0 Å². The first-order valence-corrected chi connectivity index (χ1v) is 5.61. The SMILES string of the molecule is COC(=O)C(CC(=O)c1ccc(OC)cc1)C(F)(F)F. The van der Waals surface area contributed by atoms with Crippen molar-refractivity contribution in [1.29, 1.82) is 0 Å². The number of esters is 1. The third-order valence-electron chi connectivity index (χ3n) is 2.68. The summed E-state index contributed by atoms with van der Waals surface area (Å²) in [6.45, 7) is 0. The van der Waals surface area contributed by atoms with Crippen molar-refractivity contribution >= 4 is 11.8 Å². The Morgan fingerprint density at radius 2 is 1.70 bits per heavy atom. The predicted octanol–water partition coefficient (Wildman–Crippen LogP) is 2.62. The largest absolute Gasteiger partial charge is 0.497 e. The highest BCUT2D eigenvalue weighted by Crippen LogP contribution is 2.31. The molecule has 0 amide bonds. The molecule has 7 heteroatoms. The maximum Gasteiger partial charge on any atom is 0.402 e. The molecule has 1 unspecified atom stereocenters. The van der Waals surface area contributed by atoms with Gasteiger partial charge in [-0.05, 0) is 24.3 Å². The first-order valence-electron chi connectivity index (χ1n) is 5.61. The van der Waals surface area contributed by atoms with E-state index in [2.05, 4.69) is 4.74 Å². The number of rotatable bonds is 5. The van der Waals surface area contributed by atoms with E-state index in [1.54, 1.807) is 0 Å². The van der Waals surface area contributed by atoms with Crippen molar-refractivity contribution in [3.05, 3.63) is 29.8 Å². The minimum absolute atomic E-state index is 0.0731. The highest BCUT2D eigenvalue weighted by atomic mass is 19.4. The second kappa shape index (κ2) is 6.40. The van der Waals surface area contributed by atoms with Gasteiger partial charge in [0.15, 0.2) is 11.7 Å². The second-order valence-electron chi connectivity index (χ2n) is 3.97. The van der Waals surface area contributed by atoms with Gasteiger partial charge in [0.05, 0.1) is 14.2 Å². The van der Waals surface area contributed by atoms with E-state index in [1.165, 1.54) is 31.4 Å². The Morgan fingerprint density at radius 1 is 1.15 bits per heavy atom. The van der Waals surface area contributed by atoms with E-state index in [0.717, 1.165) is 7.11 Å². The van der Waals surface area contributed by atoms with Crippen molar-refractivity contribution in [1.82, 2.24) is 0 Å². The summed E-state index contributed by atoms with van der Waals surface area (Å²) in [5.74, 6) is -4.25. The van der Waals surface area contributed by atoms with Crippen LogP contribution >= 0.6 is 0 Å². The van der Waals surface area contributed by atoms with Gasteiger partial charge in [-0.1, -0.05) is 0 Å². The number of halogens is 3. The number of methoxy groups -OCH3 is 2. The predicted molar refractivity (Wildman–Crippen MR) is 63.5 cm³/mol. The Labute approximate surface area is 113 Å². The van der Waals surface area contributed by atoms with Gasteiger partial charge in [-0.25, -0.2) is 0 Å². The summed E-state index contributed by atoms with van der Waals surface area (Å²) in [6, 6.07) is 5.58. The fourth-order valence-electron chi connectivity index (χ4n) is 1.56. The summed E-state index contributed by atoms with van der Waals surface area (Å²) in [7, 11) is 2.27. The molecule has 0 fully saturated rings. The lowest BCUT2D eigenvalue weighted by atomic mass is 9.97. The lowest BCUT2D eigenvalue weighted by Crippen LogP contribution is -2.33. The summed E-state index contributed by atoms with van der Waals surface area (Å²) < 4.78 is 47.0. The molecule has 20 heavy (non-hydrogen) atoms. The second-order valence-corrected chi connectivity index (χ2v) is 3.97. The molecular weight excluding hydrogens is 277 g/mol. The van der Waals surface area contributed by atoms with Crippen LogP contribution in [-0.2, 0) is 9.53 Å². The maximum atomic E-state index is 12.7. The number of alkyl halides is 3. The molecule has 0 aliphatic rings. The van der Waals surface area contributed by atoms with Crippen LogP contribution in [0.5, 0.6) is 5.75 Å². The molecule has 110 valence electrons. The van der Waals surface area contributed by atoms with E-state index >= 15 is 0 Å². The fourth-order valence-corrected chi connectivity index (χ4v) is 1.56. The topological polar surface area (TPSA) is 52.6 Å². The monoisotopic (exact) mass is 290 g/mol. The molecule has 1 rings (SSSR count). The smallest absolute Gasteiger partial charge is 0.402 e. The molecule has 0 heterocycles. The normalized spacial score (nSPS) is 12.7. The van der Waals surface area contributed by atoms with Crippen molar-refractivity contribution in [3.8, 4) is 5.75 Å². The zero-order valence-electron chi connectivity index (χ0n) is 10.9. The van der Waals surface area contributed by atoms with Gasteiger partial charge in [-0.3, -0.25) is 9.59 Å². The minimum atomic E-state index is -4.82. The van der Waals surface area contributed by atoms with E-state index in [4.69, 9.17) is 4.74 Å². The molecule has 0 aromatic heterocycles. The number of hydrogen-bond donors (Lipinski definition) is 0. The molecule has 1 atom stereocenters. The van der Waals surface area contributed by atoms with Crippen LogP contribution < -0.4 is 4.74 Å². The van der Waals surface area contributed by atoms with Crippen LogP contribution in [0.25, 0.3) is 0 Å². The Morgan fingerprint density at radius 3 is 2.10 bits per heavy atom. The third-order valence-corrected chi connectivity index (χ3v) is 2.68. The van der Waals surface area contributed by atoms with Gasteiger partial charge in [0.2, 0.25) is 0 Å². The average molecular weight is 290 g/mol. The summed E-state index contributed by atoms with van der Waals surface area (Å²) >= 11 is 0. The van der Waals surface area contributed by atoms with Crippen LogP contribution in [0.2, 0.25) is 0 Å². The molecular formula is C13H13F3O4. The molecule has 0 N–H and O–H groups in total. The van der Waals surface area contributed by atoms with Gasteiger partial charge in [0.1, 0.15) is 5.75 Å². The molecule has 0 spiro atoms. The summed E-state index contributed by atoms with van der Waals surface area (Å²) in [5, 5.41) is 0. The van der Waals surface area contributed by atoms with Gasteiger partial charge in [-0.15, -0.1) is 0 Å². The first kappa shape index (κ1) is 16.0. The number of carbonyl (C=O) groups is 2. The van der Waals surface area contributed by atoms with Gasteiger partial charge in [-0.2, -0.15) is 13.2 Å². The van der Waals surface area contributed by atoms with Gasteiger partial charge >= 0.3 is 12.1 Å². The zero-order chi connectivity index (χ0) is 15.3. The van der Waals surface area contributed by atoms with E-state index < -0.39 is 30.3 Å². The Kier molecular flexibility index (Phi) is 5.12. The van der Waals surface area contributed by atoms with Crippen molar-refractivity contribution in [2.45, 2.75) is 12.6 Å². The number of benzene rings is 1. The molecule has 4 nitrogen and oxygen atoms in total. The van der Waals surface area contributed by atoms with Crippen LogP contribution in [0.4, 0.5) is 13.2 Å². The van der Waals surface area contributed by atoms with Gasteiger partial charge in [0, 0.05) is 12.0 Å². The van der Waals surface area contributed by atoms with Crippen LogP contribution in [0.3, 0.4) is 0 Å². The standard InChI is InChI=1S/C13H13F3O4/c1-19-9-5-3-8(4-6-9)11(17)7-10(12(18)20-2)13(14,15)16/h3-6,10H,7H2,1-2H3. The first-order chi connectivity index (χ1) is 9.29. The number of hydrogen-bond acceptors (Lipinski definition) is 4. The molecule has 0 bridgehead atoms. The van der Waals surface area contributed by atoms with Crippen LogP contribution in [0.1, 0.15) is 16.8 Å². The third kappa shape index (κ3) is 3.97. The quantitative estimate of drug-likeness (QED) is 0.618. The van der Waals surface area contributed by atoms with Crippen LogP contribution in [0.15, 0.2) is 24.3 Å². The Hall–Kier alpha value is -2.05. The number of Topliss-reactive ketones (excluding diaryl/α,β-unsaturated/α-hetero) is 1. The summed E-state index contributed by atoms with van der Waals surface area (Å²) in [4.78, 5) is 22.9. The molecule has 0 aliphatic heterocycles. The highest BCUT2D eigenvalue weighted by molar-refractivity contribution is 5.98. The summed E-state index contributed by atoms with van der Waals surface area (Å²) in [6.07, 6.45) is -5.81. The number of ketones is 1. The maximum absolute atomic E-state index is 12.7. The Balaban J connectivity index is 2.87. The fraction of sp³-hybridized carbons (Fsp3) is 0.385. The van der Waals surface area contributed by atoms with E-state index in [1.807, 2.05) is 0 Å². The van der Waals surface area contributed by atoms with Crippen LogP contribution in [-0.4, -0.2) is 32.1 Å². The Bertz CT molecular complexity index is 479. The molecule has 0 saturated heterocycles. The molecule has 0 aliphatic carbocycles. The van der Waals surface area contributed by atoms with E-state index in [-0.39, 0.29) is 5.56 Å². The lowest BCUT2D eigenvalue weighted by molar-refractivity contribution is -0.195. The van der Waals surface area contributed by atoms with E-state index in [9.17, 15) is 22.8 Å². The van der Waals surface area contributed by atoms with Crippen LogP contribution in [0, 0.1) is 5.92 Å². The number of ether oxygens (including phenoxy) is 2. The van der Waals surface area contributed by atoms with Crippen molar-refractivity contribution < 1.29 is 32.2 Å². The molecule has 1 aromatic carbocycles. The summed E-state index contributed by atoms with van der Waals surface area (Å²) in [5.41, 5.74) is 0.0731. The van der Waals surface area contributed by atoms with Gasteiger partial charge < -0.3 is 9.47 Å². The minimum Gasteiger partial charge on any atom is -0.497 e. The molecule has 1 aromatic rings. The molecule has 0 radical (unpaired) electrons. The van der Waals surface area contributed by atoms with Crippen molar-refractivity contribution in [2.24, 2.45) is 5.92 Å². The zero-order valence-corrected chi connectivity index (χ0v) is 10.9. The number of carbonyl (C=O) groups excluding carboxylic acids is 2. The van der Waals surface area contributed by atoms with E-state index in [0.29, 0.717) is 5.75 Å². The molecule has 0 saturated carbocycles. The van der Waals surface area contributed by atoms with Crippen molar-refractivity contribution in [2.75, 3.05) is 14.2 Å². The lowest BCUT2D eigenvalue weighted by Gasteiger charge is -2.17. The highest BCUT2D eigenvalue weighted by Gasteiger charge is 2.46.